The number of phenolic OH excluding ortho intramolecular Hbond substituents is 1. The monoisotopic (exact) mass is 413 g/mol. The maximum Gasteiger partial charge on any atom is 0.263 e. The van der Waals surface area contributed by atoms with Crippen LogP contribution < -0.4 is 10.5 Å². The van der Waals surface area contributed by atoms with E-state index >= 15 is 0 Å². The number of aromatic nitrogens is 4. The number of hydrogen-bond donors (Lipinski definition) is 1. The minimum atomic E-state index is -0.139. The standard InChI is InChI=1S/C18H16BrN5O2/c1-22(2)17-20-21-18-23(10-11-3-6-13(25)7-4-11)16(26)14-9-12(19)5-8-15(14)24(17)18/h3-9,25H,10H2,1-2H3. The van der Waals surface area contributed by atoms with Gasteiger partial charge in [0.05, 0.1) is 17.4 Å². The van der Waals surface area contributed by atoms with E-state index < -0.39 is 0 Å². The summed E-state index contributed by atoms with van der Waals surface area (Å²) >= 11 is 3.44. The van der Waals surface area contributed by atoms with Crippen molar-refractivity contribution in [1.29, 1.82) is 0 Å². The third-order valence-corrected chi connectivity index (χ3v) is 4.72. The number of hydrogen-bond acceptors (Lipinski definition) is 5. The number of benzene rings is 2. The van der Waals surface area contributed by atoms with E-state index in [9.17, 15) is 9.90 Å². The number of aromatic hydroxyl groups is 1. The van der Waals surface area contributed by atoms with E-state index in [0.717, 1.165) is 15.6 Å². The highest BCUT2D eigenvalue weighted by Gasteiger charge is 2.18. The van der Waals surface area contributed by atoms with Gasteiger partial charge in [0.1, 0.15) is 5.75 Å². The molecule has 0 aliphatic rings. The number of halogens is 1. The number of anilines is 1. The van der Waals surface area contributed by atoms with Crippen LogP contribution >= 0.6 is 15.9 Å². The average molecular weight is 414 g/mol. The third-order valence-electron chi connectivity index (χ3n) is 4.22. The zero-order chi connectivity index (χ0) is 18.4. The third kappa shape index (κ3) is 2.62. The minimum Gasteiger partial charge on any atom is -0.508 e. The molecule has 0 amide bonds. The molecule has 0 atom stereocenters. The number of nitrogens with zero attached hydrogens (tertiary/aromatic N) is 5. The Morgan fingerprint density at radius 1 is 1.12 bits per heavy atom. The topological polar surface area (TPSA) is 75.7 Å². The number of fused-ring (bicyclic) bond motifs is 3. The predicted molar refractivity (Wildman–Crippen MR) is 104 cm³/mol. The number of phenols is 1. The summed E-state index contributed by atoms with van der Waals surface area (Å²) in [6, 6.07) is 12.4. The van der Waals surface area contributed by atoms with Crippen LogP contribution in [0.3, 0.4) is 0 Å². The lowest BCUT2D eigenvalue weighted by Crippen LogP contribution is -2.24. The number of rotatable bonds is 3. The van der Waals surface area contributed by atoms with Gasteiger partial charge in [0, 0.05) is 18.6 Å². The van der Waals surface area contributed by atoms with E-state index in [0.29, 0.717) is 23.7 Å². The van der Waals surface area contributed by atoms with Crippen molar-refractivity contribution in [2.75, 3.05) is 19.0 Å². The van der Waals surface area contributed by atoms with Gasteiger partial charge >= 0.3 is 0 Å². The maximum atomic E-state index is 13.1. The first-order valence-electron chi connectivity index (χ1n) is 7.98. The zero-order valence-electron chi connectivity index (χ0n) is 14.2. The van der Waals surface area contributed by atoms with Gasteiger partial charge in [-0.3, -0.25) is 9.36 Å². The van der Waals surface area contributed by atoms with Gasteiger partial charge in [0.15, 0.2) is 0 Å². The fourth-order valence-electron chi connectivity index (χ4n) is 2.99. The Morgan fingerprint density at radius 2 is 1.85 bits per heavy atom. The van der Waals surface area contributed by atoms with Crippen LogP contribution in [0.1, 0.15) is 5.56 Å². The van der Waals surface area contributed by atoms with Gasteiger partial charge in [0.25, 0.3) is 5.56 Å². The van der Waals surface area contributed by atoms with E-state index in [1.54, 1.807) is 28.8 Å². The first-order valence-corrected chi connectivity index (χ1v) is 8.77. The van der Waals surface area contributed by atoms with Gasteiger partial charge in [-0.2, -0.15) is 0 Å². The van der Waals surface area contributed by atoms with Gasteiger partial charge in [-0.15, -0.1) is 10.2 Å². The second-order valence-electron chi connectivity index (χ2n) is 6.25. The fraction of sp³-hybridized carbons (Fsp3) is 0.167. The highest BCUT2D eigenvalue weighted by molar-refractivity contribution is 9.10. The van der Waals surface area contributed by atoms with Crippen molar-refractivity contribution in [1.82, 2.24) is 19.2 Å². The molecule has 8 heteroatoms. The van der Waals surface area contributed by atoms with Gasteiger partial charge in [0.2, 0.25) is 11.7 Å². The molecule has 4 aromatic rings. The van der Waals surface area contributed by atoms with Crippen LogP contribution in [0.25, 0.3) is 16.7 Å². The molecule has 0 fully saturated rings. The molecule has 0 bridgehead atoms. The Hall–Kier alpha value is -2.87. The highest BCUT2D eigenvalue weighted by Crippen LogP contribution is 2.22. The normalized spacial score (nSPS) is 11.3. The SMILES string of the molecule is CN(C)c1nnc2n(Cc3ccc(O)cc3)c(=O)c3cc(Br)ccc3n12. The van der Waals surface area contributed by atoms with E-state index in [4.69, 9.17) is 0 Å². The quantitative estimate of drug-likeness (QED) is 0.558. The van der Waals surface area contributed by atoms with E-state index in [-0.39, 0.29) is 11.3 Å². The van der Waals surface area contributed by atoms with Crippen LogP contribution in [0.15, 0.2) is 51.7 Å². The molecule has 0 saturated heterocycles. The molecule has 0 spiro atoms. The molecule has 0 unspecified atom stereocenters. The second-order valence-corrected chi connectivity index (χ2v) is 7.16. The van der Waals surface area contributed by atoms with Crippen LogP contribution in [0, 0.1) is 0 Å². The summed E-state index contributed by atoms with van der Waals surface area (Å²) < 4.78 is 4.31. The molecule has 0 aliphatic heterocycles. The molecular formula is C18H16BrN5O2. The van der Waals surface area contributed by atoms with Gasteiger partial charge in [-0.1, -0.05) is 28.1 Å². The van der Waals surface area contributed by atoms with Gasteiger partial charge in [-0.25, -0.2) is 4.40 Å². The molecule has 7 nitrogen and oxygen atoms in total. The maximum absolute atomic E-state index is 13.1. The molecule has 0 aliphatic carbocycles. The van der Waals surface area contributed by atoms with Crippen LogP contribution in [-0.4, -0.2) is 38.4 Å². The lowest BCUT2D eigenvalue weighted by Gasteiger charge is -2.14. The molecule has 26 heavy (non-hydrogen) atoms. The van der Waals surface area contributed by atoms with Crippen molar-refractivity contribution in [3.8, 4) is 5.75 Å². The molecule has 132 valence electrons. The van der Waals surface area contributed by atoms with Crippen LogP contribution in [-0.2, 0) is 6.54 Å². The predicted octanol–water partition coefficient (Wildman–Crippen LogP) is 2.63. The Labute approximate surface area is 157 Å². The Bertz CT molecular complexity index is 1180. The molecule has 4 rings (SSSR count). The first kappa shape index (κ1) is 16.6. The minimum absolute atomic E-state index is 0.139. The summed E-state index contributed by atoms with van der Waals surface area (Å²) in [5.41, 5.74) is 1.50. The van der Waals surface area contributed by atoms with Crippen molar-refractivity contribution in [2.24, 2.45) is 0 Å². The van der Waals surface area contributed by atoms with Crippen LogP contribution in [0.2, 0.25) is 0 Å². The smallest absolute Gasteiger partial charge is 0.263 e. The summed E-state index contributed by atoms with van der Waals surface area (Å²) in [5.74, 6) is 1.31. The summed E-state index contributed by atoms with van der Waals surface area (Å²) in [6.45, 7) is 0.330. The molecule has 2 aromatic carbocycles. The molecule has 0 radical (unpaired) electrons. The fourth-order valence-corrected chi connectivity index (χ4v) is 3.35. The molecule has 2 heterocycles. The summed E-state index contributed by atoms with van der Waals surface area (Å²) in [4.78, 5) is 15.0. The summed E-state index contributed by atoms with van der Waals surface area (Å²) in [5, 5.41) is 18.6. The van der Waals surface area contributed by atoms with Crippen molar-refractivity contribution in [3.63, 3.8) is 0 Å². The molecule has 2 aromatic heterocycles. The van der Waals surface area contributed by atoms with Crippen molar-refractivity contribution in [2.45, 2.75) is 6.54 Å². The Kier molecular flexibility index (Phi) is 3.91. The first-order chi connectivity index (χ1) is 12.5. The largest absolute Gasteiger partial charge is 0.508 e. The second kappa shape index (κ2) is 6.14. The summed E-state index contributed by atoms with van der Waals surface area (Å²) in [6.07, 6.45) is 0. The Morgan fingerprint density at radius 3 is 2.54 bits per heavy atom. The Balaban J connectivity index is 2.05. The molecule has 0 saturated carbocycles. The van der Waals surface area contributed by atoms with Gasteiger partial charge in [-0.05, 0) is 35.9 Å². The van der Waals surface area contributed by atoms with E-state index in [1.807, 2.05) is 41.6 Å². The zero-order valence-corrected chi connectivity index (χ0v) is 15.8. The lowest BCUT2D eigenvalue weighted by molar-refractivity contribution is 0.475. The van der Waals surface area contributed by atoms with E-state index in [2.05, 4.69) is 26.1 Å². The van der Waals surface area contributed by atoms with E-state index in [1.165, 1.54) is 0 Å². The lowest BCUT2D eigenvalue weighted by atomic mass is 10.2. The van der Waals surface area contributed by atoms with Crippen molar-refractivity contribution in [3.05, 3.63) is 62.9 Å². The molecule has 1 N–H and O–H groups in total. The van der Waals surface area contributed by atoms with Crippen LogP contribution in [0.4, 0.5) is 5.95 Å². The van der Waals surface area contributed by atoms with Crippen molar-refractivity contribution >= 4 is 38.6 Å². The van der Waals surface area contributed by atoms with Crippen LogP contribution in [0.5, 0.6) is 5.75 Å². The molecular weight excluding hydrogens is 398 g/mol. The average Bonchev–Trinajstić information content (AvgIpc) is 3.05. The highest BCUT2D eigenvalue weighted by atomic mass is 79.9. The summed E-state index contributed by atoms with van der Waals surface area (Å²) in [7, 11) is 3.77. The van der Waals surface area contributed by atoms with Gasteiger partial charge < -0.3 is 10.0 Å². The van der Waals surface area contributed by atoms with Crippen molar-refractivity contribution < 1.29 is 5.11 Å².